The minimum atomic E-state index is -0.277. The highest BCUT2D eigenvalue weighted by molar-refractivity contribution is 5.93. The Kier molecular flexibility index (Phi) is 14.0. The van der Waals surface area contributed by atoms with Crippen LogP contribution in [0.2, 0.25) is 0 Å². The Hall–Kier alpha value is -11.5. The molecule has 0 saturated heterocycles. The van der Waals surface area contributed by atoms with Crippen molar-refractivity contribution >= 4 is 80.0 Å². The lowest BCUT2D eigenvalue weighted by molar-refractivity contribution is 0.627. The van der Waals surface area contributed by atoms with Gasteiger partial charge in [-0.05, 0) is 242 Å². The number of rotatable bonds is 12. The van der Waals surface area contributed by atoms with Crippen molar-refractivity contribution in [2.45, 2.75) is 57.8 Å². The van der Waals surface area contributed by atoms with E-state index in [2.05, 4.69) is 318 Å². The predicted molar refractivity (Wildman–Crippen MR) is 405 cm³/mol. The highest BCUT2D eigenvalue weighted by atomic mass is 19.1. The van der Waals surface area contributed by atoms with E-state index in [9.17, 15) is 8.78 Å². The Morgan fingerprint density at radius 3 is 0.784 bits per heavy atom. The number of halogens is 2. The summed E-state index contributed by atoms with van der Waals surface area (Å²) in [6, 6.07) is 103. The first-order valence-electron chi connectivity index (χ1n) is 33.6. The van der Waals surface area contributed by atoms with Crippen molar-refractivity contribution in [2.24, 2.45) is 0 Å². The van der Waals surface area contributed by atoms with E-state index in [1.54, 1.807) is 24.3 Å². The van der Waals surface area contributed by atoms with E-state index < -0.39 is 0 Å². The molecule has 97 heavy (non-hydrogen) atoms. The van der Waals surface area contributed by atoms with E-state index in [0.29, 0.717) is 0 Å². The average molecular weight is 1250 g/mol. The maximum Gasteiger partial charge on any atom is 0.123 e. The third-order valence-electron chi connectivity index (χ3n) is 21.1. The largest absolute Gasteiger partial charge is 0.310 e. The molecule has 0 aliphatic heterocycles. The quantitative estimate of drug-likeness (QED) is 0.113. The molecule has 0 saturated carbocycles. The molecular weight excluding hydrogens is 1180 g/mol. The second-order valence-corrected chi connectivity index (χ2v) is 28.1. The van der Waals surface area contributed by atoms with Crippen molar-refractivity contribution < 1.29 is 8.78 Å². The maximum absolute atomic E-state index is 14.5. The molecule has 0 bridgehead atoms. The highest BCUT2D eigenvalue weighted by Crippen LogP contribution is 2.54. The second-order valence-electron chi connectivity index (χ2n) is 28.1. The van der Waals surface area contributed by atoms with Crippen LogP contribution in [-0.4, -0.2) is 0 Å². The molecule has 0 unspecified atom stereocenters. The van der Waals surface area contributed by atoms with Gasteiger partial charge in [0.2, 0.25) is 0 Å². The van der Waals surface area contributed by atoms with Crippen LogP contribution in [0, 0.1) is 11.6 Å². The first-order chi connectivity index (χ1) is 47.1. The molecule has 0 spiro atoms. The fourth-order valence-electron chi connectivity index (χ4n) is 15.8. The summed E-state index contributed by atoms with van der Waals surface area (Å²) in [4.78, 5) is 4.47. The summed E-state index contributed by atoms with van der Waals surface area (Å²) in [7, 11) is 0. The van der Waals surface area contributed by atoms with Gasteiger partial charge in [0.05, 0.1) is 0 Å². The Balaban J connectivity index is 0.596. The third-order valence-corrected chi connectivity index (χ3v) is 21.1. The number of anilines is 6. The van der Waals surface area contributed by atoms with Gasteiger partial charge in [0, 0.05) is 50.4 Å². The Morgan fingerprint density at radius 2 is 0.474 bits per heavy atom. The van der Waals surface area contributed by atoms with E-state index in [1.807, 2.05) is 24.3 Å². The van der Waals surface area contributed by atoms with Crippen molar-refractivity contribution in [3.63, 3.8) is 0 Å². The lowest BCUT2D eigenvalue weighted by Crippen LogP contribution is -2.16. The molecule has 0 amide bonds. The van der Waals surface area contributed by atoms with Crippen molar-refractivity contribution in [3.05, 3.63) is 358 Å². The molecule has 0 aromatic heterocycles. The zero-order valence-electron chi connectivity index (χ0n) is 55.2. The van der Waals surface area contributed by atoms with E-state index in [1.165, 1.54) is 111 Å². The van der Waals surface area contributed by atoms with E-state index in [4.69, 9.17) is 0 Å². The minimum Gasteiger partial charge on any atom is -0.310 e. The Bertz CT molecular complexity index is 5210. The molecule has 3 aliphatic carbocycles. The molecule has 2 nitrogen and oxygen atoms in total. The molecule has 0 fully saturated rings. The van der Waals surface area contributed by atoms with Crippen LogP contribution in [0.5, 0.6) is 0 Å². The molecule has 0 N–H and O–H groups in total. The lowest BCUT2D eigenvalue weighted by atomic mass is 9.81. The van der Waals surface area contributed by atoms with E-state index in [-0.39, 0.29) is 27.9 Å². The Labute approximate surface area is 567 Å². The summed E-state index contributed by atoms with van der Waals surface area (Å²) in [5.41, 5.74) is 29.7. The summed E-state index contributed by atoms with van der Waals surface area (Å²) >= 11 is 0. The van der Waals surface area contributed by atoms with Crippen molar-refractivity contribution in [1.82, 2.24) is 0 Å². The van der Waals surface area contributed by atoms with Crippen LogP contribution in [0.15, 0.2) is 291 Å². The van der Waals surface area contributed by atoms with Crippen LogP contribution in [0.25, 0.3) is 101 Å². The summed E-state index contributed by atoms with van der Waals surface area (Å²) < 4.78 is 29.0. The zero-order chi connectivity index (χ0) is 65.9. The van der Waals surface area contributed by atoms with Gasteiger partial charge in [-0.15, -0.1) is 0 Å². The first kappa shape index (κ1) is 59.3. The predicted octanol–water partition coefficient (Wildman–Crippen LogP) is 25.8. The van der Waals surface area contributed by atoms with Crippen molar-refractivity contribution in [1.29, 1.82) is 0 Å². The number of hydrogen-bond acceptors (Lipinski definition) is 2. The van der Waals surface area contributed by atoms with Crippen LogP contribution in [0.3, 0.4) is 0 Å². The molecular formula is C93H70F2N2. The van der Waals surface area contributed by atoms with E-state index in [0.717, 1.165) is 56.4 Å². The first-order valence-corrected chi connectivity index (χ1v) is 33.6. The van der Waals surface area contributed by atoms with Crippen LogP contribution >= 0.6 is 0 Å². The molecule has 3 aliphatic rings. The number of benzene rings is 14. The topological polar surface area (TPSA) is 6.48 Å². The fourth-order valence-corrected chi connectivity index (χ4v) is 15.8. The fraction of sp³-hybridized carbons (Fsp3) is 0.0968. The molecule has 0 atom stereocenters. The van der Waals surface area contributed by atoms with Gasteiger partial charge in [0.25, 0.3) is 0 Å². The van der Waals surface area contributed by atoms with Crippen molar-refractivity contribution in [2.75, 3.05) is 9.80 Å². The molecule has 4 heteroatoms. The number of fused-ring (bicyclic) bond motifs is 11. The van der Waals surface area contributed by atoms with Gasteiger partial charge in [-0.25, -0.2) is 8.78 Å². The SMILES string of the molecule is CC1(C)c2cc(/C=C/c3ccc4c(c3)C(C)(C)c3cc(N(c5ccc(F)cc5)c5ccc(-c6ccc7ccccc7c6)cc5)ccc3-4)ccc2-c2ccc(/C=C/c3ccc4c(c3)C(C)(C)c3cc(N(c5ccc(F)cc5)c5ccc(-c6ccc7ccccc7c6)cc5)ccc3-4)cc21. The van der Waals surface area contributed by atoms with Crippen molar-refractivity contribution in [3.8, 4) is 55.6 Å². The standard InChI is InChI=1S/C93H70F2N2/c1-91(2)85-51-59(15-17-61-21-47-81-83-49-43-77(57-89(83)92(3,4)87(81)53-61)96(75-39-31-71(94)32-40-75)73-35-27-65(28-36-73)69-25-23-63-11-7-9-13-67(63)55-69)19-45-79(85)80-46-20-60(52-86(80)91)16-18-62-22-48-82-84-50-44-78(58-90(84)93(5,6)88(82)54-62)97(76-41-33-72(95)34-42-76)74-37-29-66(30-38-74)70-26-24-64-12-8-10-14-68(64)56-70/h7-58H,1-6H3/b17-15+,18-16+. The molecule has 14 aromatic carbocycles. The third kappa shape index (κ3) is 10.3. The second kappa shape index (κ2) is 22.9. The summed E-state index contributed by atoms with van der Waals surface area (Å²) in [5.74, 6) is -0.523. The van der Waals surface area contributed by atoms with Gasteiger partial charge in [0.15, 0.2) is 0 Å². The zero-order valence-corrected chi connectivity index (χ0v) is 55.2. The Morgan fingerprint density at radius 1 is 0.227 bits per heavy atom. The monoisotopic (exact) mass is 1250 g/mol. The van der Waals surface area contributed by atoms with Crippen LogP contribution < -0.4 is 9.80 Å². The minimum absolute atomic E-state index is 0.204. The van der Waals surface area contributed by atoms with Crippen LogP contribution in [0.4, 0.5) is 42.9 Å². The van der Waals surface area contributed by atoms with Crippen LogP contribution in [0.1, 0.15) is 97.2 Å². The number of nitrogens with zero attached hydrogens (tertiary/aromatic N) is 2. The lowest BCUT2D eigenvalue weighted by Gasteiger charge is -2.28. The molecule has 14 aromatic rings. The average Bonchev–Trinajstić information content (AvgIpc) is 1.59. The summed E-state index contributed by atoms with van der Waals surface area (Å²) in [6.07, 6.45) is 9.05. The van der Waals surface area contributed by atoms with Gasteiger partial charge in [0.1, 0.15) is 11.6 Å². The normalized spacial score (nSPS) is 14.1. The van der Waals surface area contributed by atoms with Gasteiger partial charge >= 0.3 is 0 Å². The smallest absolute Gasteiger partial charge is 0.123 e. The maximum atomic E-state index is 14.5. The van der Waals surface area contributed by atoms with Crippen LogP contribution in [-0.2, 0) is 16.2 Å². The van der Waals surface area contributed by atoms with Gasteiger partial charge in [-0.3, -0.25) is 0 Å². The molecule has 0 radical (unpaired) electrons. The molecule has 17 rings (SSSR count). The van der Waals surface area contributed by atoms with Gasteiger partial charge in [-0.1, -0.05) is 248 Å². The number of hydrogen-bond donors (Lipinski definition) is 0. The highest BCUT2D eigenvalue weighted by Gasteiger charge is 2.39. The van der Waals surface area contributed by atoms with Gasteiger partial charge < -0.3 is 9.80 Å². The van der Waals surface area contributed by atoms with E-state index >= 15 is 0 Å². The summed E-state index contributed by atoms with van der Waals surface area (Å²) in [5, 5.41) is 4.87. The summed E-state index contributed by atoms with van der Waals surface area (Å²) in [6.45, 7) is 14.1. The molecule has 466 valence electrons. The van der Waals surface area contributed by atoms with Gasteiger partial charge in [-0.2, -0.15) is 0 Å². The molecule has 0 heterocycles.